The zero-order valence-corrected chi connectivity index (χ0v) is 15.7. The maximum absolute atomic E-state index is 13.5. The van der Waals surface area contributed by atoms with E-state index in [1.54, 1.807) is 12.1 Å². The third-order valence-electron chi connectivity index (χ3n) is 5.48. The minimum absolute atomic E-state index is 0.0297. The molecule has 1 atom stereocenters. The van der Waals surface area contributed by atoms with Gasteiger partial charge in [0.1, 0.15) is 5.82 Å². The summed E-state index contributed by atoms with van der Waals surface area (Å²) in [6, 6.07) is 7.56. The molecule has 0 saturated heterocycles. The Morgan fingerprint density at radius 1 is 1.32 bits per heavy atom. The highest BCUT2D eigenvalue weighted by Crippen LogP contribution is 2.48. The Hall–Kier alpha value is -1.62. The largest absolute Gasteiger partial charge is 0.357 e. The first-order valence-electron chi connectivity index (χ1n) is 9.49. The number of benzene rings is 1. The molecule has 138 valence electrons. The summed E-state index contributed by atoms with van der Waals surface area (Å²) in [4.78, 5) is 7.13. The molecular weight excluding hydrogens is 315 g/mol. The lowest BCUT2D eigenvalue weighted by Crippen LogP contribution is -2.46. The van der Waals surface area contributed by atoms with Crippen LogP contribution in [-0.4, -0.2) is 50.6 Å². The fraction of sp³-hybridized carbons (Fsp3) is 0.650. The summed E-state index contributed by atoms with van der Waals surface area (Å²) in [7, 11) is 4.30. The number of hydrogen-bond acceptors (Lipinski definition) is 2. The van der Waals surface area contributed by atoms with Gasteiger partial charge in [0.2, 0.25) is 0 Å². The smallest absolute Gasteiger partial charge is 0.191 e. The summed E-state index contributed by atoms with van der Waals surface area (Å²) < 4.78 is 13.5. The third-order valence-corrected chi connectivity index (χ3v) is 5.48. The van der Waals surface area contributed by atoms with E-state index in [2.05, 4.69) is 36.6 Å². The standard InChI is InChI=1S/C20H31FN4/c1-4-22-19(23-13-18(25(2)3)15-8-9-15)24-14-20(10-11-20)16-6-5-7-17(21)12-16/h5-7,12,15,18H,4,8-11,13-14H2,1-3H3,(H2,22,23,24). The quantitative estimate of drug-likeness (QED) is 0.562. The average Bonchev–Trinajstić information content (AvgIpc) is 3.47. The lowest BCUT2D eigenvalue weighted by Gasteiger charge is -2.25. The van der Waals surface area contributed by atoms with Crippen LogP contribution in [0.4, 0.5) is 4.39 Å². The molecule has 0 heterocycles. The monoisotopic (exact) mass is 346 g/mol. The van der Waals surface area contributed by atoms with Crippen molar-refractivity contribution in [2.75, 3.05) is 33.7 Å². The second-order valence-corrected chi connectivity index (χ2v) is 7.74. The number of aliphatic imine (C=N–C) groups is 1. The summed E-state index contributed by atoms with van der Waals surface area (Å²) >= 11 is 0. The first kappa shape index (κ1) is 18.2. The van der Waals surface area contributed by atoms with Crippen molar-refractivity contribution in [2.45, 2.75) is 44.1 Å². The van der Waals surface area contributed by atoms with E-state index in [9.17, 15) is 4.39 Å². The topological polar surface area (TPSA) is 39.7 Å². The van der Waals surface area contributed by atoms with Crippen LogP contribution in [0.5, 0.6) is 0 Å². The number of guanidine groups is 1. The Bertz CT molecular complexity index is 603. The van der Waals surface area contributed by atoms with Crippen LogP contribution in [0.25, 0.3) is 0 Å². The minimum Gasteiger partial charge on any atom is -0.357 e. The van der Waals surface area contributed by atoms with Gasteiger partial charge in [-0.3, -0.25) is 4.99 Å². The van der Waals surface area contributed by atoms with Gasteiger partial charge in [0, 0.05) is 24.5 Å². The lowest BCUT2D eigenvalue weighted by atomic mass is 9.96. The number of rotatable bonds is 8. The zero-order valence-electron chi connectivity index (χ0n) is 15.7. The van der Waals surface area contributed by atoms with Crippen LogP contribution in [0, 0.1) is 11.7 Å². The first-order chi connectivity index (χ1) is 12.0. The molecule has 2 saturated carbocycles. The molecule has 25 heavy (non-hydrogen) atoms. The molecule has 4 nitrogen and oxygen atoms in total. The molecule has 0 aromatic heterocycles. The second kappa shape index (κ2) is 7.73. The first-order valence-corrected chi connectivity index (χ1v) is 9.49. The van der Waals surface area contributed by atoms with Crippen molar-refractivity contribution in [1.82, 2.24) is 15.5 Å². The Labute approximate surface area is 150 Å². The molecule has 2 N–H and O–H groups in total. The van der Waals surface area contributed by atoms with E-state index in [1.165, 1.54) is 18.9 Å². The predicted molar refractivity (Wildman–Crippen MR) is 101 cm³/mol. The number of hydrogen-bond donors (Lipinski definition) is 2. The van der Waals surface area contributed by atoms with Crippen LogP contribution < -0.4 is 10.6 Å². The molecule has 0 aliphatic heterocycles. The summed E-state index contributed by atoms with van der Waals surface area (Å²) in [6.07, 6.45) is 4.84. The van der Waals surface area contributed by atoms with E-state index < -0.39 is 0 Å². The number of nitrogens with zero attached hydrogens (tertiary/aromatic N) is 2. The third kappa shape index (κ3) is 4.72. The molecule has 1 aromatic carbocycles. The number of nitrogens with one attached hydrogen (secondary N) is 2. The van der Waals surface area contributed by atoms with Crippen molar-refractivity contribution >= 4 is 5.96 Å². The molecule has 1 aromatic rings. The molecular formula is C20H31FN4. The summed E-state index contributed by atoms with van der Waals surface area (Å²) in [5, 5.41) is 6.86. The SMILES string of the molecule is CCNC(=NCC1(c2cccc(F)c2)CC1)NCC(C1CC1)N(C)C. The molecule has 2 aliphatic rings. The van der Waals surface area contributed by atoms with Crippen LogP contribution in [0.1, 0.15) is 38.2 Å². The van der Waals surface area contributed by atoms with E-state index in [-0.39, 0.29) is 11.2 Å². The molecule has 2 fully saturated rings. The lowest BCUT2D eigenvalue weighted by molar-refractivity contribution is 0.264. The molecule has 0 bridgehead atoms. The Morgan fingerprint density at radius 3 is 2.64 bits per heavy atom. The van der Waals surface area contributed by atoms with E-state index in [0.29, 0.717) is 12.6 Å². The predicted octanol–water partition coefficient (Wildman–Crippen LogP) is 2.75. The number of halogens is 1. The Morgan fingerprint density at radius 2 is 2.08 bits per heavy atom. The number of likely N-dealkylation sites (N-methyl/N-ethyl adjacent to an activating group) is 1. The van der Waals surface area contributed by atoms with Crippen LogP contribution >= 0.6 is 0 Å². The zero-order chi connectivity index (χ0) is 17.9. The van der Waals surface area contributed by atoms with Crippen molar-refractivity contribution in [2.24, 2.45) is 10.9 Å². The summed E-state index contributed by atoms with van der Waals surface area (Å²) in [5.41, 5.74) is 1.11. The maximum atomic E-state index is 13.5. The molecule has 0 spiro atoms. The van der Waals surface area contributed by atoms with Crippen molar-refractivity contribution in [3.8, 4) is 0 Å². The van der Waals surface area contributed by atoms with Crippen LogP contribution in [-0.2, 0) is 5.41 Å². The highest BCUT2D eigenvalue weighted by atomic mass is 19.1. The molecule has 5 heteroatoms. The van der Waals surface area contributed by atoms with Gasteiger partial charge < -0.3 is 15.5 Å². The molecule has 3 rings (SSSR count). The van der Waals surface area contributed by atoms with Gasteiger partial charge in [0.05, 0.1) is 6.54 Å². The normalized spacial score (nSPS) is 20.4. The average molecular weight is 346 g/mol. The van der Waals surface area contributed by atoms with E-state index in [1.807, 2.05) is 6.07 Å². The van der Waals surface area contributed by atoms with Crippen molar-refractivity contribution < 1.29 is 4.39 Å². The fourth-order valence-corrected chi connectivity index (χ4v) is 3.53. The minimum atomic E-state index is -0.156. The van der Waals surface area contributed by atoms with Crippen LogP contribution in [0.3, 0.4) is 0 Å². The highest BCUT2D eigenvalue weighted by Gasteiger charge is 2.44. The van der Waals surface area contributed by atoms with E-state index in [0.717, 1.165) is 43.4 Å². The van der Waals surface area contributed by atoms with Gasteiger partial charge in [0.25, 0.3) is 0 Å². The van der Waals surface area contributed by atoms with Crippen LogP contribution in [0.15, 0.2) is 29.3 Å². The van der Waals surface area contributed by atoms with Gasteiger partial charge in [-0.2, -0.15) is 0 Å². The molecule has 2 aliphatic carbocycles. The Balaban J connectivity index is 1.62. The van der Waals surface area contributed by atoms with Gasteiger partial charge in [-0.05, 0) is 70.3 Å². The Kier molecular flexibility index (Phi) is 5.62. The van der Waals surface area contributed by atoms with Crippen molar-refractivity contribution in [1.29, 1.82) is 0 Å². The van der Waals surface area contributed by atoms with Crippen molar-refractivity contribution in [3.05, 3.63) is 35.6 Å². The van der Waals surface area contributed by atoms with Crippen LogP contribution in [0.2, 0.25) is 0 Å². The van der Waals surface area contributed by atoms with Gasteiger partial charge >= 0.3 is 0 Å². The van der Waals surface area contributed by atoms with Gasteiger partial charge in [-0.1, -0.05) is 12.1 Å². The van der Waals surface area contributed by atoms with Gasteiger partial charge in [-0.25, -0.2) is 4.39 Å². The van der Waals surface area contributed by atoms with Crippen molar-refractivity contribution in [3.63, 3.8) is 0 Å². The van der Waals surface area contributed by atoms with Gasteiger partial charge in [-0.15, -0.1) is 0 Å². The van der Waals surface area contributed by atoms with E-state index in [4.69, 9.17) is 4.99 Å². The summed E-state index contributed by atoms with van der Waals surface area (Å²) in [5.74, 6) is 1.53. The second-order valence-electron chi connectivity index (χ2n) is 7.74. The van der Waals surface area contributed by atoms with Gasteiger partial charge in [0.15, 0.2) is 5.96 Å². The fourth-order valence-electron chi connectivity index (χ4n) is 3.53. The molecule has 1 unspecified atom stereocenters. The summed E-state index contributed by atoms with van der Waals surface area (Å²) in [6.45, 7) is 4.55. The maximum Gasteiger partial charge on any atom is 0.191 e. The highest BCUT2D eigenvalue weighted by molar-refractivity contribution is 5.79. The molecule has 0 amide bonds. The van der Waals surface area contributed by atoms with E-state index >= 15 is 0 Å². The molecule has 0 radical (unpaired) electrons.